The number of aromatic hydroxyl groups is 1. The van der Waals surface area contributed by atoms with Gasteiger partial charge in [-0.1, -0.05) is 6.07 Å². The van der Waals surface area contributed by atoms with Gasteiger partial charge in [0.05, 0.1) is 12.7 Å². The molecule has 0 saturated carbocycles. The number of benzene rings is 1. The summed E-state index contributed by atoms with van der Waals surface area (Å²) in [5.41, 5.74) is -1.24. The molecule has 2 heterocycles. The number of amides is 2. The van der Waals surface area contributed by atoms with Crippen molar-refractivity contribution in [3.63, 3.8) is 0 Å². The number of rotatable bonds is 3. The Morgan fingerprint density at radius 2 is 2.04 bits per heavy atom. The predicted molar refractivity (Wildman–Crippen MR) is 77.5 cm³/mol. The van der Waals surface area contributed by atoms with Crippen molar-refractivity contribution in [1.82, 2.24) is 4.90 Å². The van der Waals surface area contributed by atoms with Gasteiger partial charge in [0, 0.05) is 7.05 Å². The maximum atomic E-state index is 12.5. The minimum absolute atomic E-state index is 0.169. The average Bonchev–Trinajstić information content (AvgIpc) is 2.98. The number of phenolic OH excluding ortho intramolecular Hbond substituents is 1. The van der Waals surface area contributed by atoms with Crippen molar-refractivity contribution < 1.29 is 34.7 Å². The van der Waals surface area contributed by atoms with Gasteiger partial charge in [0.15, 0.2) is 11.5 Å². The third kappa shape index (κ3) is 1.92. The highest BCUT2D eigenvalue weighted by Crippen LogP contribution is 2.46. The van der Waals surface area contributed by atoms with Crippen LogP contribution < -0.4 is 15.2 Å². The second-order valence-corrected chi connectivity index (χ2v) is 6.40. The van der Waals surface area contributed by atoms with Crippen molar-refractivity contribution >= 4 is 17.8 Å². The lowest BCUT2D eigenvalue weighted by atomic mass is 9.80. The summed E-state index contributed by atoms with van der Waals surface area (Å²) in [6.07, 6.45) is 0. The van der Waals surface area contributed by atoms with E-state index in [2.05, 4.69) is 0 Å². The van der Waals surface area contributed by atoms with Crippen LogP contribution in [0.15, 0.2) is 18.2 Å². The lowest BCUT2D eigenvalue weighted by Gasteiger charge is -2.28. The van der Waals surface area contributed by atoms with Crippen LogP contribution in [0.3, 0.4) is 0 Å². The highest BCUT2D eigenvalue weighted by atomic mass is 16.5. The number of carboxylic acid groups (broad SMARTS) is 1. The molecule has 4 atom stereocenters. The highest BCUT2D eigenvalue weighted by molar-refractivity contribution is 6.08. The molecule has 24 heavy (non-hydrogen) atoms. The van der Waals surface area contributed by atoms with Gasteiger partial charge in [0.2, 0.25) is 11.8 Å². The molecule has 0 bridgehead atoms. The van der Waals surface area contributed by atoms with Gasteiger partial charge in [-0.15, -0.1) is 0 Å². The SMILES string of the molecule is COc1cccc([C@@H]2[NH2+][C@@](C)(C(=O)[O-])[C@@H]3C(=O)N(C)C(=O)[C@@H]32)c1O. The zero-order valence-corrected chi connectivity index (χ0v) is 13.5. The molecule has 0 unspecified atom stereocenters. The van der Waals surface area contributed by atoms with Gasteiger partial charge >= 0.3 is 0 Å². The van der Waals surface area contributed by atoms with E-state index in [0.717, 1.165) is 4.90 Å². The van der Waals surface area contributed by atoms with E-state index >= 15 is 0 Å². The molecule has 2 fully saturated rings. The summed E-state index contributed by atoms with van der Waals surface area (Å²) >= 11 is 0. The van der Waals surface area contributed by atoms with Crippen molar-refractivity contribution in [2.24, 2.45) is 11.8 Å². The third-order valence-electron chi connectivity index (χ3n) is 5.18. The molecule has 3 N–H and O–H groups in total. The van der Waals surface area contributed by atoms with E-state index in [1.54, 1.807) is 18.2 Å². The molecular formula is C16H18N2O6. The monoisotopic (exact) mass is 334 g/mol. The molecule has 1 aromatic carbocycles. The van der Waals surface area contributed by atoms with Crippen LogP contribution in [0.1, 0.15) is 18.5 Å². The zero-order valence-electron chi connectivity index (χ0n) is 13.5. The van der Waals surface area contributed by atoms with Crippen LogP contribution in [0.25, 0.3) is 0 Å². The molecule has 0 spiro atoms. The number of likely N-dealkylation sites (tertiary alicyclic amines) is 1. The number of phenols is 1. The van der Waals surface area contributed by atoms with E-state index in [0.29, 0.717) is 5.56 Å². The molecule has 128 valence electrons. The molecule has 2 aliphatic heterocycles. The number of nitrogens with zero attached hydrogens (tertiary/aromatic N) is 1. The van der Waals surface area contributed by atoms with Gasteiger partial charge in [-0.2, -0.15) is 0 Å². The van der Waals surface area contributed by atoms with Crippen molar-refractivity contribution in [1.29, 1.82) is 0 Å². The fraction of sp³-hybridized carbons (Fsp3) is 0.438. The van der Waals surface area contributed by atoms with Crippen molar-refractivity contribution in [2.75, 3.05) is 14.2 Å². The van der Waals surface area contributed by atoms with Gasteiger partial charge in [0.1, 0.15) is 29.4 Å². The number of para-hydroxylation sites is 1. The van der Waals surface area contributed by atoms with E-state index in [9.17, 15) is 24.6 Å². The van der Waals surface area contributed by atoms with Crippen LogP contribution in [0.5, 0.6) is 11.5 Å². The maximum absolute atomic E-state index is 12.5. The van der Waals surface area contributed by atoms with Crippen LogP contribution in [0.2, 0.25) is 0 Å². The molecule has 0 radical (unpaired) electrons. The number of carboxylic acids is 1. The first-order valence-electron chi connectivity index (χ1n) is 7.48. The number of nitrogens with two attached hydrogens (primary N) is 1. The standard InChI is InChI=1S/C16H18N2O6/c1-16(15(22)23)10-9(13(20)18(2)14(10)21)11(17-16)7-5-4-6-8(24-3)12(7)19/h4-6,9-11,17,19H,1-3H3,(H,22,23)/t9-,10-,11-,16+/m0/s1. The molecule has 2 saturated heterocycles. The first-order chi connectivity index (χ1) is 11.2. The minimum Gasteiger partial charge on any atom is -0.544 e. The quantitative estimate of drug-likeness (QED) is 0.602. The summed E-state index contributed by atoms with van der Waals surface area (Å²) in [7, 11) is 2.73. The number of hydrogen-bond donors (Lipinski definition) is 2. The Balaban J connectivity index is 2.15. The highest BCUT2D eigenvalue weighted by Gasteiger charge is 2.67. The Hall–Kier alpha value is -2.61. The molecule has 2 aliphatic rings. The number of methoxy groups -OCH3 is 1. The Morgan fingerprint density at radius 3 is 2.62 bits per heavy atom. The van der Waals surface area contributed by atoms with E-state index in [1.165, 1.54) is 26.4 Å². The van der Waals surface area contributed by atoms with Crippen LogP contribution in [0.4, 0.5) is 0 Å². The Morgan fingerprint density at radius 1 is 1.38 bits per heavy atom. The fourth-order valence-corrected chi connectivity index (χ4v) is 3.86. The molecule has 3 rings (SSSR count). The predicted octanol–water partition coefficient (Wildman–Crippen LogP) is -2.24. The van der Waals surface area contributed by atoms with E-state index < -0.39 is 41.2 Å². The summed E-state index contributed by atoms with van der Waals surface area (Å²) in [6.45, 7) is 1.38. The second-order valence-electron chi connectivity index (χ2n) is 6.40. The number of aliphatic carboxylic acids is 1. The van der Waals surface area contributed by atoms with Gasteiger partial charge in [-0.25, -0.2) is 0 Å². The van der Waals surface area contributed by atoms with Crippen molar-refractivity contribution in [3.8, 4) is 11.5 Å². The third-order valence-corrected chi connectivity index (χ3v) is 5.18. The number of quaternary nitrogens is 1. The summed E-state index contributed by atoms with van der Waals surface area (Å²) in [5.74, 6) is -4.31. The molecule has 1 aromatic rings. The summed E-state index contributed by atoms with van der Waals surface area (Å²) in [5, 5.41) is 23.5. The van der Waals surface area contributed by atoms with Gasteiger partial charge in [-0.3, -0.25) is 14.5 Å². The molecule has 8 nitrogen and oxygen atoms in total. The van der Waals surface area contributed by atoms with Gasteiger partial charge in [-0.05, 0) is 19.1 Å². The largest absolute Gasteiger partial charge is 0.544 e. The molecule has 8 heteroatoms. The first kappa shape index (κ1) is 16.3. The topological polar surface area (TPSA) is 124 Å². The summed E-state index contributed by atoms with van der Waals surface area (Å²) in [4.78, 5) is 37.6. The second kappa shape index (κ2) is 5.20. The molecular weight excluding hydrogens is 316 g/mol. The Bertz CT molecular complexity index is 748. The van der Waals surface area contributed by atoms with Crippen LogP contribution >= 0.6 is 0 Å². The normalized spacial score (nSPS) is 32.1. The molecule has 0 aliphatic carbocycles. The van der Waals surface area contributed by atoms with Gasteiger partial charge in [0.25, 0.3) is 0 Å². The van der Waals surface area contributed by atoms with E-state index in [1.807, 2.05) is 0 Å². The first-order valence-corrected chi connectivity index (χ1v) is 7.48. The fourth-order valence-electron chi connectivity index (χ4n) is 3.86. The summed E-state index contributed by atoms with van der Waals surface area (Å²) in [6, 6.07) is 4.05. The molecule has 0 aromatic heterocycles. The molecule has 2 amide bonds. The number of ether oxygens (including phenoxy) is 1. The Kier molecular flexibility index (Phi) is 3.52. The van der Waals surface area contributed by atoms with E-state index in [-0.39, 0.29) is 11.5 Å². The summed E-state index contributed by atoms with van der Waals surface area (Å²) < 4.78 is 5.07. The van der Waals surface area contributed by atoms with Crippen molar-refractivity contribution in [2.45, 2.75) is 18.5 Å². The van der Waals surface area contributed by atoms with E-state index in [4.69, 9.17) is 4.74 Å². The smallest absolute Gasteiger partial charge is 0.239 e. The van der Waals surface area contributed by atoms with Gasteiger partial charge < -0.3 is 25.1 Å². The van der Waals surface area contributed by atoms with Crippen LogP contribution in [0, 0.1) is 11.8 Å². The minimum atomic E-state index is -1.59. The van der Waals surface area contributed by atoms with Crippen LogP contribution in [-0.4, -0.2) is 47.5 Å². The average molecular weight is 334 g/mol. The number of fused-ring (bicyclic) bond motifs is 1. The lowest BCUT2D eigenvalue weighted by Crippen LogP contribution is -2.98. The zero-order chi connectivity index (χ0) is 17.8. The number of imide groups is 1. The number of carbonyl (C=O) groups is 3. The Labute approximate surface area is 138 Å². The number of carbonyl (C=O) groups excluding carboxylic acids is 3. The lowest BCUT2D eigenvalue weighted by molar-refractivity contribution is -0.735. The van der Waals surface area contributed by atoms with Crippen molar-refractivity contribution in [3.05, 3.63) is 23.8 Å². The maximum Gasteiger partial charge on any atom is 0.239 e. The number of hydrogen-bond acceptors (Lipinski definition) is 6. The van der Waals surface area contributed by atoms with Crippen LogP contribution in [-0.2, 0) is 14.4 Å².